The van der Waals surface area contributed by atoms with E-state index in [0.29, 0.717) is 6.42 Å². The number of nitrogens with zero attached hydrogens (tertiary/aromatic N) is 1. The molecule has 0 aliphatic carbocycles. The van der Waals surface area contributed by atoms with Gasteiger partial charge in [0, 0.05) is 13.0 Å². The highest BCUT2D eigenvalue weighted by Crippen LogP contribution is 2.07. The van der Waals surface area contributed by atoms with E-state index in [1.165, 1.54) is 7.11 Å². The van der Waals surface area contributed by atoms with Gasteiger partial charge in [-0.2, -0.15) is 0 Å². The lowest BCUT2D eigenvalue weighted by Crippen LogP contribution is -2.17. The Bertz CT molecular complexity index is 176. The minimum Gasteiger partial charge on any atom is -0.486 e. The number of hydrogen-bond donors (Lipinski definition) is 1. The maximum atomic E-state index is 11.0. The van der Waals surface area contributed by atoms with Crippen molar-refractivity contribution in [3.05, 3.63) is 0 Å². The number of carbonyl (C=O) groups is 1. The van der Waals surface area contributed by atoms with Gasteiger partial charge in [-0.05, 0) is 6.42 Å². The molecule has 14 heavy (non-hydrogen) atoms. The summed E-state index contributed by atoms with van der Waals surface area (Å²) in [5.41, 5.74) is 0. The van der Waals surface area contributed by atoms with Gasteiger partial charge in [-0.25, -0.2) is 4.79 Å². The number of carbonyl (C=O) groups excluding carboxylic acids is 1. The summed E-state index contributed by atoms with van der Waals surface area (Å²) in [7, 11) is 1.40. The van der Waals surface area contributed by atoms with Crippen LogP contribution in [0.5, 0.6) is 0 Å². The van der Waals surface area contributed by atoms with Gasteiger partial charge in [-0.3, -0.25) is 0 Å². The summed E-state index contributed by atoms with van der Waals surface area (Å²) in [6.45, 7) is 1.99. The van der Waals surface area contributed by atoms with Crippen LogP contribution in [0, 0.1) is 0 Å². The number of aliphatic hydroxyl groups is 1. The molecular weight excluding hydrogens is 186 g/mol. The van der Waals surface area contributed by atoms with E-state index < -0.39 is 6.09 Å². The lowest BCUT2D eigenvalue weighted by molar-refractivity contribution is 0.0824. The topological polar surface area (TPSA) is 68.1 Å². The minimum absolute atomic E-state index is 0.00589. The smallest absolute Gasteiger partial charge is 0.436 e. The predicted octanol–water partition coefficient (Wildman–Crippen LogP) is 1.35. The molecule has 82 valence electrons. The first-order valence-electron chi connectivity index (χ1n) is 4.61. The molecule has 1 N–H and O–H groups in total. The zero-order valence-electron chi connectivity index (χ0n) is 8.60. The zero-order chi connectivity index (χ0) is 10.8. The standard InChI is InChI=1S/C9H17NO4/c1-3-4-8(5-6-11)14-9(12)10-7-13-2/h7-8,11H,3-6H2,1-2H3/b10-7+. The Morgan fingerprint density at radius 1 is 1.57 bits per heavy atom. The number of rotatable bonds is 6. The molecule has 0 aromatic heterocycles. The fourth-order valence-corrected chi connectivity index (χ4v) is 0.997. The Balaban J connectivity index is 3.88. The quantitative estimate of drug-likeness (QED) is 0.522. The van der Waals surface area contributed by atoms with E-state index >= 15 is 0 Å². The molecule has 0 bridgehead atoms. The Hall–Kier alpha value is -1.10. The highest BCUT2D eigenvalue weighted by Gasteiger charge is 2.11. The Labute approximate surface area is 83.7 Å². The first kappa shape index (κ1) is 12.9. The first-order chi connectivity index (χ1) is 6.74. The molecule has 0 aromatic carbocycles. The lowest BCUT2D eigenvalue weighted by atomic mass is 10.1. The second-order valence-electron chi connectivity index (χ2n) is 2.78. The molecule has 0 aromatic rings. The third-order valence-electron chi connectivity index (χ3n) is 1.59. The Morgan fingerprint density at radius 3 is 2.79 bits per heavy atom. The summed E-state index contributed by atoms with van der Waals surface area (Å²) in [6, 6.07) is 0. The van der Waals surface area contributed by atoms with E-state index in [1.54, 1.807) is 0 Å². The molecule has 5 heteroatoms. The van der Waals surface area contributed by atoms with Gasteiger partial charge in [0.25, 0.3) is 0 Å². The molecule has 0 fully saturated rings. The number of ether oxygens (including phenoxy) is 2. The van der Waals surface area contributed by atoms with Crippen LogP contribution in [0.15, 0.2) is 4.99 Å². The fraction of sp³-hybridized carbons (Fsp3) is 0.778. The van der Waals surface area contributed by atoms with E-state index in [0.717, 1.165) is 19.2 Å². The van der Waals surface area contributed by atoms with Gasteiger partial charge in [0.2, 0.25) is 0 Å². The summed E-state index contributed by atoms with van der Waals surface area (Å²) in [5.74, 6) is 0. The number of hydrogen-bond acceptors (Lipinski definition) is 4. The highest BCUT2D eigenvalue weighted by molar-refractivity contribution is 5.76. The molecule has 0 aliphatic rings. The van der Waals surface area contributed by atoms with Crippen LogP contribution in [0.4, 0.5) is 4.79 Å². The molecule has 0 saturated carbocycles. The van der Waals surface area contributed by atoms with Crippen molar-refractivity contribution in [3.8, 4) is 0 Å². The van der Waals surface area contributed by atoms with Crippen molar-refractivity contribution in [2.24, 2.45) is 4.99 Å². The van der Waals surface area contributed by atoms with Gasteiger partial charge in [-0.1, -0.05) is 13.3 Å². The summed E-state index contributed by atoms with van der Waals surface area (Å²) < 4.78 is 9.43. The molecular formula is C9H17NO4. The van der Waals surface area contributed by atoms with Gasteiger partial charge in [0.15, 0.2) is 6.40 Å². The van der Waals surface area contributed by atoms with E-state index in [-0.39, 0.29) is 12.7 Å². The molecule has 1 amide bonds. The summed E-state index contributed by atoms with van der Waals surface area (Å²) in [6.07, 6.45) is 2.15. The van der Waals surface area contributed by atoms with Crippen LogP contribution in [-0.2, 0) is 9.47 Å². The van der Waals surface area contributed by atoms with Crippen molar-refractivity contribution < 1.29 is 19.4 Å². The van der Waals surface area contributed by atoms with Gasteiger partial charge < -0.3 is 14.6 Å². The number of aliphatic imine (C=N–C) groups is 1. The molecule has 0 heterocycles. The van der Waals surface area contributed by atoms with Gasteiger partial charge in [0.05, 0.1) is 7.11 Å². The monoisotopic (exact) mass is 203 g/mol. The Kier molecular flexibility index (Phi) is 7.83. The predicted molar refractivity (Wildman–Crippen MR) is 52.4 cm³/mol. The number of amides is 1. The van der Waals surface area contributed by atoms with Crippen molar-refractivity contribution >= 4 is 12.5 Å². The maximum absolute atomic E-state index is 11.0. The van der Waals surface area contributed by atoms with Gasteiger partial charge in [-0.15, -0.1) is 4.99 Å². The molecule has 0 aliphatic heterocycles. The second-order valence-corrected chi connectivity index (χ2v) is 2.78. The van der Waals surface area contributed by atoms with Crippen LogP contribution in [-0.4, -0.2) is 37.4 Å². The number of methoxy groups -OCH3 is 1. The van der Waals surface area contributed by atoms with Crippen LogP contribution in [0.2, 0.25) is 0 Å². The normalized spacial score (nSPS) is 12.8. The van der Waals surface area contributed by atoms with E-state index in [4.69, 9.17) is 9.84 Å². The molecule has 5 nitrogen and oxygen atoms in total. The Morgan fingerprint density at radius 2 is 2.29 bits per heavy atom. The van der Waals surface area contributed by atoms with Crippen LogP contribution in [0.25, 0.3) is 0 Å². The van der Waals surface area contributed by atoms with Crippen LogP contribution in [0.3, 0.4) is 0 Å². The summed E-state index contributed by atoms with van der Waals surface area (Å²) in [5, 5.41) is 8.70. The zero-order valence-corrected chi connectivity index (χ0v) is 8.60. The molecule has 0 rings (SSSR count). The van der Waals surface area contributed by atoms with Crippen molar-refractivity contribution in [1.29, 1.82) is 0 Å². The van der Waals surface area contributed by atoms with E-state index in [9.17, 15) is 4.79 Å². The molecule has 0 saturated heterocycles. The lowest BCUT2D eigenvalue weighted by Gasteiger charge is -2.13. The van der Waals surface area contributed by atoms with Crippen LogP contribution in [0.1, 0.15) is 26.2 Å². The van der Waals surface area contributed by atoms with Crippen LogP contribution >= 0.6 is 0 Å². The molecule has 1 atom stereocenters. The van der Waals surface area contributed by atoms with Gasteiger partial charge in [0.1, 0.15) is 6.10 Å². The largest absolute Gasteiger partial charge is 0.486 e. The molecule has 0 radical (unpaired) electrons. The molecule has 1 unspecified atom stereocenters. The third-order valence-corrected chi connectivity index (χ3v) is 1.59. The third kappa shape index (κ3) is 6.42. The number of aliphatic hydroxyl groups excluding tert-OH is 1. The van der Waals surface area contributed by atoms with Gasteiger partial charge >= 0.3 is 6.09 Å². The van der Waals surface area contributed by atoms with Crippen molar-refractivity contribution in [2.75, 3.05) is 13.7 Å². The first-order valence-corrected chi connectivity index (χ1v) is 4.61. The fourth-order valence-electron chi connectivity index (χ4n) is 0.997. The average Bonchev–Trinajstić information content (AvgIpc) is 2.15. The van der Waals surface area contributed by atoms with Crippen LogP contribution < -0.4 is 0 Å². The van der Waals surface area contributed by atoms with Crippen molar-refractivity contribution in [3.63, 3.8) is 0 Å². The van der Waals surface area contributed by atoms with Crippen molar-refractivity contribution in [2.45, 2.75) is 32.3 Å². The average molecular weight is 203 g/mol. The van der Waals surface area contributed by atoms with E-state index in [1.807, 2.05) is 6.92 Å². The summed E-state index contributed by atoms with van der Waals surface area (Å²) in [4.78, 5) is 14.3. The highest BCUT2D eigenvalue weighted by atomic mass is 16.6. The maximum Gasteiger partial charge on any atom is 0.436 e. The van der Waals surface area contributed by atoms with E-state index in [2.05, 4.69) is 9.73 Å². The SMILES string of the molecule is CCCC(CCO)OC(=O)/N=C/OC. The minimum atomic E-state index is -0.682. The molecule has 0 spiro atoms. The second kappa shape index (κ2) is 8.50. The van der Waals surface area contributed by atoms with Crippen molar-refractivity contribution in [1.82, 2.24) is 0 Å². The summed E-state index contributed by atoms with van der Waals surface area (Å²) >= 11 is 0.